The highest BCUT2D eigenvalue weighted by Crippen LogP contribution is 2.36. The number of hydrogen-bond donors (Lipinski definition) is 3. The Morgan fingerprint density at radius 2 is 1.55 bits per heavy atom. The molecule has 1 aliphatic carbocycles. The number of nitrogens with zero attached hydrogens (tertiary/aromatic N) is 9. The summed E-state index contributed by atoms with van der Waals surface area (Å²) in [6.07, 6.45) is 6.95. The van der Waals surface area contributed by atoms with Gasteiger partial charge in [-0.25, -0.2) is 19.9 Å². The lowest BCUT2D eigenvalue weighted by Gasteiger charge is -2.40. The molecule has 0 radical (unpaired) electrons. The molecule has 10 rings (SSSR count). The molecule has 318 valence electrons. The van der Waals surface area contributed by atoms with Crippen LogP contribution in [0.25, 0.3) is 11.2 Å². The first kappa shape index (κ1) is 39.3. The number of fused-ring (bicyclic) bond motifs is 2. The van der Waals surface area contributed by atoms with Crippen LogP contribution in [0.3, 0.4) is 0 Å². The van der Waals surface area contributed by atoms with Crippen LogP contribution in [0.15, 0.2) is 73.3 Å². The Morgan fingerprint density at radius 1 is 0.806 bits per heavy atom. The number of imidazole rings is 1. The first-order valence-corrected chi connectivity index (χ1v) is 21.2. The zero-order valence-electron chi connectivity index (χ0n) is 33.9. The molecule has 18 heteroatoms. The molecule has 4 fully saturated rings. The van der Waals surface area contributed by atoms with E-state index in [2.05, 4.69) is 74.9 Å². The number of piperazine rings is 1. The minimum absolute atomic E-state index is 0.0559. The quantitative estimate of drug-likeness (QED) is 0.137. The number of piperidine rings is 2. The molecule has 0 spiro atoms. The zero-order chi connectivity index (χ0) is 42.5. The lowest BCUT2D eigenvalue weighted by molar-refractivity contribution is -0.136. The van der Waals surface area contributed by atoms with Gasteiger partial charge < -0.3 is 25.0 Å². The summed E-state index contributed by atoms with van der Waals surface area (Å²) >= 11 is 0. The Hall–Kier alpha value is -6.82. The van der Waals surface area contributed by atoms with E-state index in [0.29, 0.717) is 46.9 Å². The van der Waals surface area contributed by atoms with E-state index in [9.17, 15) is 28.4 Å². The van der Waals surface area contributed by atoms with Crippen molar-refractivity contribution in [2.75, 3.05) is 60.9 Å². The Morgan fingerprint density at radius 3 is 2.31 bits per heavy atom. The Bertz CT molecular complexity index is 2580. The number of anilines is 4. The lowest BCUT2D eigenvalue weighted by Crippen LogP contribution is -2.54. The Labute approximate surface area is 355 Å². The van der Waals surface area contributed by atoms with Crippen LogP contribution in [0.5, 0.6) is 0 Å². The molecular formula is C44H45FN12O5. The van der Waals surface area contributed by atoms with Crippen molar-refractivity contribution in [3.05, 3.63) is 96.1 Å². The third-order valence-corrected chi connectivity index (χ3v) is 12.9. The highest BCUT2D eigenvalue weighted by atomic mass is 19.1. The van der Waals surface area contributed by atoms with E-state index in [4.69, 9.17) is 0 Å². The van der Waals surface area contributed by atoms with E-state index in [-0.39, 0.29) is 30.6 Å². The van der Waals surface area contributed by atoms with Gasteiger partial charge in [0.1, 0.15) is 18.1 Å². The van der Waals surface area contributed by atoms with Gasteiger partial charge in [0.2, 0.25) is 17.8 Å². The molecule has 7 heterocycles. The van der Waals surface area contributed by atoms with Gasteiger partial charge in [0.15, 0.2) is 17.0 Å². The number of benzene rings is 2. The summed E-state index contributed by atoms with van der Waals surface area (Å²) in [6.45, 7) is 6.56. The number of pyridine rings is 1. The standard InChI is InChI=1S/C44H45FN12O5/c45-36-3-1-2-34(51-36)41(59)50-28-20-31(21-28)56-25-48-38-39(46-24-47-40(38)56)49-27-4-6-29(7-5-27)55-18-16-53(17-19-55)23-26-12-14-54(15-13-26)30-8-9-32-33(22-30)44(62)57(43(32)61)35-10-11-37(58)52-42(35)60/h1-9,22,24-26,28,31,35H,10-21,23H2,(H,50,59)(H,46,47,49)(H,52,58,60)/t28?,31?,35-/m0/s1. The number of rotatable bonds is 10. The third kappa shape index (κ3) is 7.58. The summed E-state index contributed by atoms with van der Waals surface area (Å²) < 4.78 is 15.5. The predicted molar refractivity (Wildman–Crippen MR) is 225 cm³/mol. The average Bonchev–Trinajstić information content (AvgIpc) is 3.80. The first-order valence-electron chi connectivity index (χ1n) is 21.2. The van der Waals surface area contributed by atoms with Crippen LogP contribution in [-0.4, -0.2) is 122 Å². The van der Waals surface area contributed by atoms with Crippen LogP contribution >= 0.6 is 0 Å². The molecular weight excluding hydrogens is 796 g/mol. The molecule has 2 aromatic carbocycles. The van der Waals surface area contributed by atoms with E-state index in [0.717, 1.165) is 80.6 Å². The maximum atomic E-state index is 13.5. The van der Waals surface area contributed by atoms with Crippen LogP contribution in [0.4, 0.5) is 27.3 Å². The molecule has 0 bridgehead atoms. The molecule has 1 saturated carbocycles. The molecule has 3 aromatic heterocycles. The zero-order valence-corrected chi connectivity index (χ0v) is 33.9. The molecule has 17 nitrogen and oxygen atoms in total. The average molecular weight is 841 g/mol. The van der Waals surface area contributed by atoms with Crippen molar-refractivity contribution in [2.45, 2.75) is 56.7 Å². The van der Waals surface area contributed by atoms with E-state index in [1.165, 1.54) is 24.5 Å². The minimum atomic E-state index is -0.973. The first-order chi connectivity index (χ1) is 30.1. The number of aromatic nitrogens is 5. The number of hydrogen-bond acceptors (Lipinski definition) is 13. The monoisotopic (exact) mass is 840 g/mol. The predicted octanol–water partition coefficient (Wildman–Crippen LogP) is 3.68. The summed E-state index contributed by atoms with van der Waals surface area (Å²) in [5.41, 5.74) is 4.99. The van der Waals surface area contributed by atoms with Crippen LogP contribution < -0.4 is 25.8 Å². The smallest absolute Gasteiger partial charge is 0.270 e. The van der Waals surface area contributed by atoms with Crippen LogP contribution in [0, 0.1) is 11.9 Å². The molecule has 1 atom stereocenters. The number of carbonyl (C=O) groups excluding carboxylic acids is 5. The van der Waals surface area contributed by atoms with Gasteiger partial charge in [-0.1, -0.05) is 6.07 Å². The van der Waals surface area contributed by atoms with Gasteiger partial charge in [0, 0.05) is 81.4 Å². The van der Waals surface area contributed by atoms with E-state index < -0.39 is 41.5 Å². The summed E-state index contributed by atoms with van der Waals surface area (Å²) in [5.74, 6) is -1.87. The highest BCUT2D eigenvalue weighted by Gasteiger charge is 2.45. The summed E-state index contributed by atoms with van der Waals surface area (Å²) in [7, 11) is 0. The van der Waals surface area contributed by atoms with Gasteiger partial charge in [0.05, 0.1) is 17.5 Å². The fraction of sp³-hybridized carbons (Fsp3) is 0.386. The van der Waals surface area contributed by atoms with Gasteiger partial charge in [-0.05, 0) is 92.6 Å². The van der Waals surface area contributed by atoms with Gasteiger partial charge in [-0.3, -0.25) is 39.1 Å². The summed E-state index contributed by atoms with van der Waals surface area (Å²) in [6, 6.07) is 17.0. The molecule has 0 unspecified atom stereocenters. The highest BCUT2D eigenvalue weighted by molar-refractivity contribution is 6.23. The second kappa shape index (κ2) is 16.2. The number of amides is 5. The maximum Gasteiger partial charge on any atom is 0.270 e. The molecule has 62 heavy (non-hydrogen) atoms. The number of halogens is 1. The van der Waals surface area contributed by atoms with E-state index in [1.807, 2.05) is 10.6 Å². The SMILES string of the molecule is O=C1CC[C@H](N2C(=O)c3ccc(N4CCC(CN5CCN(c6ccc(Nc7ncnc8c7ncn8C7CC(NC(=O)c8cccc(F)n8)C7)cc6)CC5)CC4)cc3C2=O)C(=O)N1. The fourth-order valence-corrected chi connectivity index (χ4v) is 9.41. The molecule has 5 aromatic rings. The third-order valence-electron chi connectivity index (χ3n) is 12.9. The number of nitrogens with one attached hydrogen (secondary N) is 3. The second-order valence-electron chi connectivity index (χ2n) is 16.8. The van der Waals surface area contributed by atoms with Crippen molar-refractivity contribution in [1.82, 2.24) is 44.9 Å². The second-order valence-corrected chi connectivity index (χ2v) is 16.8. The molecule has 3 saturated heterocycles. The maximum absolute atomic E-state index is 13.5. The van der Waals surface area contributed by atoms with Crippen molar-refractivity contribution in [1.29, 1.82) is 0 Å². The van der Waals surface area contributed by atoms with E-state index >= 15 is 0 Å². The topological polar surface area (TPSA) is 191 Å². The largest absolute Gasteiger partial charge is 0.371 e. The molecule has 5 amide bonds. The Kier molecular flexibility index (Phi) is 10.3. The van der Waals surface area contributed by atoms with Crippen molar-refractivity contribution < 1.29 is 28.4 Å². The van der Waals surface area contributed by atoms with Gasteiger partial charge in [-0.2, -0.15) is 4.39 Å². The minimum Gasteiger partial charge on any atom is -0.371 e. The van der Waals surface area contributed by atoms with Crippen molar-refractivity contribution in [2.24, 2.45) is 5.92 Å². The number of carbonyl (C=O) groups is 5. The fourth-order valence-electron chi connectivity index (χ4n) is 9.41. The van der Waals surface area contributed by atoms with Crippen LogP contribution in [0.1, 0.15) is 75.8 Å². The molecule has 4 aliphatic heterocycles. The summed E-state index contributed by atoms with van der Waals surface area (Å²) in [4.78, 5) is 88.7. The molecule has 5 aliphatic rings. The Balaban J connectivity index is 0.680. The van der Waals surface area contributed by atoms with Crippen LogP contribution in [-0.2, 0) is 9.59 Å². The van der Waals surface area contributed by atoms with Crippen molar-refractivity contribution in [3.8, 4) is 0 Å². The van der Waals surface area contributed by atoms with Gasteiger partial charge in [-0.15, -0.1) is 0 Å². The van der Waals surface area contributed by atoms with Gasteiger partial charge in [0.25, 0.3) is 17.7 Å². The van der Waals surface area contributed by atoms with Crippen molar-refractivity contribution >= 4 is 63.6 Å². The van der Waals surface area contributed by atoms with Gasteiger partial charge >= 0.3 is 0 Å². The van der Waals surface area contributed by atoms with E-state index in [1.54, 1.807) is 18.5 Å². The van der Waals surface area contributed by atoms with Crippen molar-refractivity contribution in [3.63, 3.8) is 0 Å². The lowest BCUT2D eigenvalue weighted by atomic mass is 9.86. The van der Waals surface area contributed by atoms with Crippen LogP contribution in [0.2, 0.25) is 0 Å². The summed E-state index contributed by atoms with van der Waals surface area (Å²) in [5, 5.41) is 8.59. The normalized spacial score (nSPS) is 22.1. The number of imide groups is 2. The molecule has 3 N–H and O–H groups in total.